The number of nitrogens with two attached hydrogens (primary N) is 1. The standard InChI is InChI=1S/C16H22N2O2/c1-5-6-15(17)16(19)18-12(4)13-7-9-14(10-8-13)20-11(2)3/h1,7-12,15H,6,17H2,2-4H3,(H,18,19). The summed E-state index contributed by atoms with van der Waals surface area (Å²) in [4.78, 5) is 11.8. The van der Waals surface area contributed by atoms with Gasteiger partial charge in [-0.05, 0) is 38.5 Å². The molecule has 1 rings (SSSR count). The molecule has 0 saturated carbocycles. The Morgan fingerprint density at radius 2 is 1.95 bits per heavy atom. The highest BCUT2D eigenvalue weighted by Gasteiger charge is 2.15. The zero-order valence-electron chi connectivity index (χ0n) is 12.2. The van der Waals surface area contributed by atoms with E-state index in [1.54, 1.807) is 0 Å². The van der Waals surface area contributed by atoms with E-state index in [2.05, 4.69) is 11.2 Å². The fraction of sp³-hybridized carbons (Fsp3) is 0.438. The van der Waals surface area contributed by atoms with Gasteiger partial charge in [0.15, 0.2) is 0 Å². The Morgan fingerprint density at radius 3 is 2.45 bits per heavy atom. The van der Waals surface area contributed by atoms with Gasteiger partial charge in [-0.3, -0.25) is 4.79 Å². The minimum absolute atomic E-state index is 0.126. The summed E-state index contributed by atoms with van der Waals surface area (Å²) in [6.45, 7) is 5.85. The normalized spacial score (nSPS) is 13.4. The molecule has 4 nitrogen and oxygen atoms in total. The molecule has 0 aliphatic carbocycles. The van der Waals surface area contributed by atoms with Crippen molar-refractivity contribution in [3.05, 3.63) is 29.8 Å². The summed E-state index contributed by atoms with van der Waals surface area (Å²) in [6.07, 6.45) is 5.52. The van der Waals surface area contributed by atoms with Gasteiger partial charge in [0.05, 0.1) is 18.2 Å². The lowest BCUT2D eigenvalue weighted by Gasteiger charge is -2.17. The molecule has 0 aromatic heterocycles. The van der Waals surface area contributed by atoms with Crippen LogP contribution in [-0.4, -0.2) is 18.1 Å². The first kappa shape index (κ1) is 16.1. The Kier molecular flexibility index (Phi) is 6.08. The van der Waals surface area contributed by atoms with Crippen molar-refractivity contribution < 1.29 is 9.53 Å². The van der Waals surface area contributed by atoms with Crippen LogP contribution in [0.1, 0.15) is 38.8 Å². The second kappa shape index (κ2) is 7.56. The Balaban J connectivity index is 2.62. The number of rotatable bonds is 6. The second-order valence-electron chi connectivity index (χ2n) is 4.98. The van der Waals surface area contributed by atoms with Gasteiger partial charge in [-0.2, -0.15) is 0 Å². The number of hydrogen-bond acceptors (Lipinski definition) is 3. The first-order valence-electron chi connectivity index (χ1n) is 6.70. The third-order valence-corrected chi connectivity index (χ3v) is 2.79. The molecule has 0 radical (unpaired) electrons. The molecule has 0 spiro atoms. The lowest BCUT2D eigenvalue weighted by atomic mass is 10.1. The number of benzene rings is 1. The van der Waals surface area contributed by atoms with Crippen molar-refractivity contribution in [1.29, 1.82) is 0 Å². The minimum atomic E-state index is -0.661. The van der Waals surface area contributed by atoms with E-state index < -0.39 is 6.04 Å². The SMILES string of the molecule is C#CCC(N)C(=O)NC(C)c1ccc(OC(C)C)cc1. The topological polar surface area (TPSA) is 64.4 Å². The molecule has 1 amide bonds. The number of terminal acetylenes is 1. The fourth-order valence-electron chi connectivity index (χ4n) is 1.73. The number of nitrogens with one attached hydrogen (secondary N) is 1. The Labute approximate surface area is 120 Å². The van der Waals surface area contributed by atoms with Gasteiger partial charge in [-0.15, -0.1) is 12.3 Å². The molecule has 2 atom stereocenters. The van der Waals surface area contributed by atoms with Gasteiger partial charge in [-0.1, -0.05) is 12.1 Å². The van der Waals surface area contributed by atoms with Crippen LogP contribution in [0.5, 0.6) is 5.75 Å². The summed E-state index contributed by atoms with van der Waals surface area (Å²) in [7, 11) is 0. The molecule has 4 heteroatoms. The van der Waals surface area contributed by atoms with Crippen LogP contribution in [-0.2, 0) is 4.79 Å². The smallest absolute Gasteiger partial charge is 0.238 e. The summed E-state index contributed by atoms with van der Waals surface area (Å²) in [5.41, 5.74) is 6.65. The summed E-state index contributed by atoms with van der Waals surface area (Å²) in [5, 5.41) is 2.84. The predicted molar refractivity (Wildman–Crippen MR) is 80.2 cm³/mol. The van der Waals surface area contributed by atoms with Crippen molar-refractivity contribution in [2.75, 3.05) is 0 Å². The lowest BCUT2D eigenvalue weighted by molar-refractivity contribution is -0.122. The summed E-state index contributed by atoms with van der Waals surface area (Å²) < 4.78 is 5.57. The van der Waals surface area contributed by atoms with Crippen molar-refractivity contribution in [1.82, 2.24) is 5.32 Å². The zero-order valence-corrected chi connectivity index (χ0v) is 12.2. The summed E-state index contributed by atoms with van der Waals surface area (Å²) in [6, 6.07) is 6.84. The molecule has 0 aliphatic heterocycles. The number of carbonyl (C=O) groups excluding carboxylic acids is 1. The molecule has 0 aliphatic rings. The van der Waals surface area contributed by atoms with Crippen LogP contribution in [0.4, 0.5) is 0 Å². The van der Waals surface area contributed by atoms with E-state index in [4.69, 9.17) is 16.9 Å². The Bertz CT molecular complexity index is 474. The number of amides is 1. The van der Waals surface area contributed by atoms with Crippen molar-refractivity contribution in [2.45, 2.75) is 45.4 Å². The van der Waals surface area contributed by atoms with Crippen LogP contribution in [0.15, 0.2) is 24.3 Å². The highest BCUT2D eigenvalue weighted by molar-refractivity contribution is 5.82. The maximum absolute atomic E-state index is 11.8. The second-order valence-corrected chi connectivity index (χ2v) is 4.98. The monoisotopic (exact) mass is 274 g/mol. The third kappa shape index (κ3) is 4.94. The van der Waals surface area contributed by atoms with Gasteiger partial charge in [0.25, 0.3) is 0 Å². The van der Waals surface area contributed by atoms with Gasteiger partial charge >= 0.3 is 0 Å². The zero-order chi connectivity index (χ0) is 15.1. The van der Waals surface area contributed by atoms with E-state index in [1.807, 2.05) is 45.0 Å². The number of carbonyl (C=O) groups is 1. The molecule has 3 N–H and O–H groups in total. The largest absolute Gasteiger partial charge is 0.491 e. The summed E-state index contributed by atoms with van der Waals surface area (Å²) in [5.74, 6) is 2.96. The average molecular weight is 274 g/mol. The quantitative estimate of drug-likeness (QED) is 0.780. The van der Waals surface area contributed by atoms with Gasteiger partial charge in [0.2, 0.25) is 5.91 Å². The van der Waals surface area contributed by atoms with Crippen LogP contribution >= 0.6 is 0 Å². The number of ether oxygens (including phenoxy) is 1. The maximum Gasteiger partial charge on any atom is 0.238 e. The lowest BCUT2D eigenvalue weighted by Crippen LogP contribution is -2.41. The van der Waals surface area contributed by atoms with E-state index >= 15 is 0 Å². The van der Waals surface area contributed by atoms with Gasteiger partial charge < -0.3 is 15.8 Å². The van der Waals surface area contributed by atoms with Crippen molar-refractivity contribution in [3.63, 3.8) is 0 Å². The van der Waals surface area contributed by atoms with Gasteiger partial charge in [0, 0.05) is 6.42 Å². The van der Waals surface area contributed by atoms with Crippen LogP contribution in [0.25, 0.3) is 0 Å². The van der Waals surface area contributed by atoms with E-state index in [9.17, 15) is 4.79 Å². The first-order valence-corrected chi connectivity index (χ1v) is 6.70. The maximum atomic E-state index is 11.8. The molecule has 1 aromatic rings. The van der Waals surface area contributed by atoms with Gasteiger partial charge in [-0.25, -0.2) is 0 Å². The van der Waals surface area contributed by atoms with Crippen molar-refractivity contribution >= 4 is 5.91 Å². The van der Waals surface area contributed by atoms with E-state index in [0.29, 0.717) is 0 Å². The fourth-order valence-corrected chi connectivity index (χ4v) is 1.73. The molecule has 20 heavy (non-hydrogen) atoms. The number of hydrogen-bond donors (Lipinski definition) is 2. The Hall–Kier alpha value is -1.99. The predicted octanol–water partition coefficient (Wildman–Crippen LogP) is 2.00. The first-order chi connectivity index (χ1) is 9.43. The molecule has 0 bridgehead atoms. The molecule has 108 valence electrons. The van der Waals surface area contributed by atoms with Crippen molar-refractivity contribution in [3.8, 4) is 18.1 Å². The van der Waals surface area contributed by atoms with Crippen LogP contribution in [0, 0.1) is 12.3 Å². The van der Waals surface area contributed by atoms with Crippen molar-refractivity contribution in [2.24, 2.45) is 5.73 Å². The molecule has 0 fully saturated rings. The van der Waals surface area contributed by atoms with Crippen LogP contribution in [0.3, 0.4) is 0 Å². The molecule has 2 unspecified atom stereocenters. The third-order valence-electron chi connectivity index (χ3n) is 2.79. The van der Waals surface area contributed by atoms with E-state index in [1.165, 1.54) is 0 Å². The van der Waals surface area contributed by atoms with Crippen LogP contribution < -0.4 is 15.8 Å². The van der Waals surface area contributed by atoms with Gasteiger partial charge in [0.1, 0.15) is 5.75 Å². The average Bonchev–Trinajstić information content (AvgIpc) is 2.39. The minimum Gasteiger partial charge on any atom is -0.491 e. The molecule has 0 saturated heterocycles. The molecular formula is C16H22N2O2. The Morgan fingerprint density at radius 1 is 1.35 bits per heavy atom. The highest BCUT2D eigenvalue weighted by atomic mass is 16.5. The van der Waals surface area contributed by atoms with E-state index in [-0.39, 0.29) is 24.5 Å². The van der Waals surface area contributed by atoms with E-state index in [0.717, 1.165) is 11.3 Å². The molecule has 0 heterocycles. The molecule has 1 aromatic carbocycles. The highest BCUT2D eigenvalue weighted by Crippen LogP contribution is 2.18. The van der Waals surface area contributed by atoms with Crippen LogP contribution in [0.2, 0.25) is 0 Å². The molecular weight excluding hydrogens is 252 g/mol. The summed E-state index contributed by atoms with van der Waals surface area (Å²) >= 11 is 0.